The molecule has 0 radical (unpaired) electrons. The van der Waals surface area contributed by atoms with Gasteiger partial charge in [-0.15, -0.1) is 24.0 Å². The second kappa shape index (κ2) is 10.3. The van der Waals surface area contributed by atoms with E-state index in [0.717, 1.165) is 11.4 Å². The summed E-state index contributed by atoms with van der Waals surface area (Å²) in [5.41, 5.74) is 1.14. The minimum absolute atomic E-state index is 0. The van der Waals surface area contributed by atoms with Gasteiger partial charge in [0.05, 0.1) is 13.0 Å². The number of hydrogen-bond donors (Lipinski definition) is 2. The molecule has 2 aromatic rings. The number of halogens is 4. The quantitative estimate of drug-likeness (QED) is 0.390. The fraction of sp³-hybridized carbons (Fsp3) is 0.375. The van der Waals surface area contributed by atoms with Gasteiger partial charge in [0.25, 0.3) is 0 Å². The summed E-state index contributed by atoms with van der Waals surface area (Å²) in [7, 11) is 1.51. The molecule has 0 aliphatic heterocycles. The van der Waals surface area contributed by atoms with Gasteiger partial charge in [-0.3, -0.25) is 4.99 Å². The third kappa shape index (κ3) is 7.76. The predicted octanol–water partition coefficient (Wildman–Crippen LogP) is 3.17. The highest BCUT2D eigenvalue weighted by Crippen LogP contribution is 2.18. The number of imidazole rings is 1. The Bertz CT molecular complexity index is 655. The minimum atomic E-state index is -4.18. The van der Waals surface area contributed by atoms with Gasteiger partial charge in [-0.25, -0.2) is 4.98 Å². The van der Waals surface area contributed by atoms with Crippen molar-refractivity contribution >= 4 is 29.9 Å². The summed E-state index contributed by atoms with van der Waals surface area (Å²) >= 11 is 0. The van der Waals surface area contributed by atoms with Crippen LogP contribution in [-0.2, 0) is 13.1 Å². The largest absolute Gasteiger partial charge is 0.390 e. The van der Waals surface area contributed by atoms with Crippen LogP contribution in [0.1, 0.15) is 17.8 Å². The molecular formula is C16H21F3IN5. The molecule has 0 fully saturated rings. The van der Waals surface area contributed by atoms with Gasteiger partial charge in [-0.2, -0.15) is 13.2 Å². The predicted molar refractivity (Wildman–Crippen MR) is 102 cm³/mol. The molecule has 2 N–H and O–H groups in total. The third-order valence-electron chi connectivity index (χ3n) is 3.34. The summed E-state index contributed by atoms with van der Waals surface area (Å²) in [5, 5.41) is 5.61. The topological polar surface area (TPSA) is 54.2 Å². The summed E-state index contributed by atoms with van der Waals surface area (Å²) in [6.07, 6.45) is -1.53. The maximum atomic E-state index is 12.2. The summed E-state index contributed by atoms with van der Waals surface area (Å²) in [5.74, 6) is 1.09. The molecule has 0 bridgehead atoms. The van der Waals surface area contributed by atoms with Crippen LogP contribution in [0.15, 0.2) is 47.7 Å². The number of nitrogens with zero attached hydrogens (tertiary/aromatic N) is 3. The van der Waals surface area contributed by atoms with Crippen molar-refractivity contribution in [2.75, 3.05) is 13.6 Å². The number of hydrogen-bond acceptors (Lipinski definition) is 2. The molecule has 138 valence electrons. The zero-order valence-electron chi connectivity index (χ0n) is 13.8. The molecule has 1 heterocycles. The second-order valence-corrected chi connectivity index (χ2v) is 5.17. The normalized spacial score (nSPS) is 11.8. The van der Waals surface area contributed by atoms with Crippen LogP contribution in [0.4, 0.5) is 13.2 Å². The first-order chi connectivity index (χ1) is 11.5. The molecule has 0 saturated heterocycles. The van der Waals surface area contributed by atoms with Crippen molar-refractivity contribution in [3.63, 3.8) is 0 Å². The first kappa shape index (κ1) is 21.3. The monoisotopic (exact) mass is 467 g/mol. The number of nitrogens with one attached hydrogen (secondary N) is 2. The van der Waals surface area contributed by atoms with Crippen LogP contribution >= 0.6 is 24.0 Å². The Labute approximate surface area is 161 Å². The lowest BCUT2D eigenvalue weighted by Gasteiger charge is -2.13. The van der Waals surface area contributed by atoms with Crippen molar-refractivity contribution in [3.8, 4) is 0 Å². The van der Waals surface area contributed by atoms with E-state index in [-0.39, 0.29) is 30.5 Å². The van der Waals surface area contributed by atoms with Crippen LogP contribution in [0, 0.1) is 0 Å². The maximum Gasteiger partial charge on any atom is 0.390 e. The molecular weight excluding hydrogens is 446 g/mol. The molecule has 5 nitrogen and oxygen atoms in total. The van der Waals surface area contributed by atoms with Crippen molar-refractivity contribution < 1.29 is 13.2 Å². The standard InChI is InChI=1S/C16H20F3N5.HI/c1-20-15(22-8-7-16(17,18)19)23-11-14-21-9-10-24(14)12-13-5-3-2-4-6-13;/h2-6,9-10H,7-8,11-12H2,1H3,(H2,20,22,23);1H. The lowest BCUT2D eigenvalue weighted by Crippen LogP contribution is -2.39. The zero-order valence-corrected chi connectivity index (χ0v) is 16.1. The second-order valence-electron chi connectivity index (χ2n) is 5.17. The Morgan fingerprint density at radius 2 is 1.92 bits per heavy atom. The number of benzene rings is 1. The van der Waals surface area contributed by atoms with E-state index < -0.39 is 12.6 Å². The van der Waals surface area contributed by atoms with Crippen LogP contribution in [-0.4, -0.2) is 35.3 Å². The van der Waals surface area contributed by atoms with Gasteiger partial charge in [0.1, 0.15) is 5.82 Å². The third-order valence-corrected chi connectivity index (χ3v) is 3.34. The Hall–Kier alpha value is -1.78. The summed E-state index contributed by atoms with van der Waals surface area (Å²) in [4.78, 5) is 8.19. The molecule has 0 atom stereocenters. The van der Waals surface area contributed by atoms with Gasteiger partial charge in [0, 0.05) is 32.5 Å². The van der Waals surface area contributed by atoms with Crippen molar-refractivity contribution in [2.24, 2.45) is 4.99 Å². The maximum absolute atomic E-state index is 12.2. The molecule has 25 heavy (non-hydrogen) atoms. The average Bonchev–Trinajstić information content (AvgIpc) is 2.97. The van der Waals surface area contributed by atoms with Crippen molar-refractivity contribution in [1.82, 2.24) is 20.2 Å². The van der Waals surface area contributed by atoms with E-state index in [4.69, 9.17) is 0 Å². The molecule has 1 aromatic carbocycles. The van der Waals surface area contributed by atoms with E-state index in [1.165, 1.54) is 7.05 Å². The first-order valence-electron chi connectivity index (χ1n) is 7.53. The number of aliphatic imine (C=N–C) groups is 1. The zero-order chi connectivity index (χ0) is 17.4. The van der Waals surface area contributed by atoms with E-state index in [9.17, 15) is 13.2 Å². The smallest absolute Gasteiger partial charge is 0.356 e. The molecule has 0 spiro atoms. The fourth-order valence-electron chi connectivity index (χ4n) is 2.14. The Morgan fingerprint density at radius 1 is 1.20 bits per heavy atom. The number of guanidine groups is 1. The Kier molecular flexibility index (Phi) is 8.73. The van der Waals surface area contributed by atoms with Gasteiger partial charge in [0.15, 0.2) is 5.96 Å². The molecule has 0 amide bonds. The van der Waals surface area contributed by atoms with Gasteiger partial charge >= 0.3 is 6.18 Å². The van der Waals surface area contributed by atoms with Crippen LogP contribution < -0.4 is 10.6 Å². The van der Waals surface area contributed by atoms with E-state index in [2.05, 4.69) is 20.6 Å². The number of aromatic nitrogens is 2. The SMILES string of the molecule is CN=C(NCCC(F)(F)F)NCc1nccn1Cc1ccccc1.I. The lowest BCUT2D eigenvalue weighted by molar-refractivity contribution is -0.132. The van der Waals surface area contributed by atoms with Crippen molar-refractivity contribution in [3.05, 3.63) is 54.1 Å². The van der Waals surface area contributed by atoms with Crippen molar-refractivity contribution in [1.29, 1.82) is 0 Å². The molecule has 1 aromatic heterocycles. The Morgan fingerprint density at radius 3 is 2.56 bits per heavy atom. The van der Waals surface area contributed by atoms with Gasteiger partial charge < -0.3 is 15.2 Å². The van der Waals surface area contributed by atoms with Crippen LogP contribution in [0.2, 0.25) is 0 Å². The molecule has 2 rings (SSSR count). The first-order valence-corrected chi connectivity index (χ1v) is 7.53. The molecule has 0 aliphatic rings. The number of alkyl halides is 3. The van der Waals surface area contributed by atoms with Crippen LogP contribution in [0.3, 0.4) is 0 Å². The molecule has 0 unspecified atom stereocenters. The molecule has 0 saturated carbocycles. The lowest BCUT2D eigenvalue weighted by atomic mass is 10.2. The minimum Gasteiger partial charge on any atom is -0.356 e. The van der Waals surface area contributed by atoms with E-state index in [1.807, 2.05) is 41.1 Å². The highest BCUT2D eigenvalue weighted by atomic mass is 127. The van der Waals surface area contributed by atoms with Crippen LogP contribution in [0.5, 0.6) is 0 Å². The van der Waals surface area contributed by atoms with Crippen LogP contribution in [0.25, 0.3) is 0 Å². The van der Waals surface area contributed by atoms with E-state index in [1.54, 1.807) is 6.20 Å². The highest BCUT2D eigenvalue weighted by molar-refractivity contribution is 14.0. The summed E-state index contributed by atoms with van der Waals surface area (Å²) < 4.78 is 38.5. The summed E-state index contributed by atoms with van der Waals surface area (Å²) in [6.45, 7) is 0.825. The molecule has 0 aliphatic carbocycles. The Balaban J connectivity index is 0.00000312. The highest BCUT2D eigenvalue weighted by Gasteiger charge is 2.26. The fourth-order valence-corrected chi connectivity index (χ4v) is 2.14. The van der Waals surface area contributed by atoms with Crippen molar-refractivity contribution in [2.45, 2.75) is 25.7 Å². The molecule has 9 heteroatoms. The summed E-state index contributed by atoms with van der Waals surface area (Å²) in [6, 6.07) is 9.94. The van der Waals surface area contributed by atoms with Gasteiger partial charge in [-0.05, 0) is 5.56 Å². The average molecular weight is 467 g/mol. The van der Waals surface area contributed by atoms with E-state index >= 15 is 0 Å². The van der Waals surface area contributed by atoms with E-state index in [0.29, 0.717) is 19.0 Å². The van der Waals surface area contributed by atoms with Gasteiger partial charge in [-0.1, -0.05) is 30.3 Å². The van der Waals surface area contributed by atoms with Gasteiger partial charge in [0.2, 0.25) is 0 Å². The number of rotatable bonds is 6.